The van der Waals surface area contributed by atoms with Crippen LogP contribution in [0.3, 0.4) is 0 Å². The lowest BCUT2D eigenvalue weighted by Gasteiger charge is -2.04. The van der Waals surface area contributed by atoms with E-state index in [1.807, 2.05) is 49.4 Å². The van der Waals surface area contributed by atoms with Crippen molar-refractivity contribution in [3.63, 3.8) is 0 Å². The lowest BCUT2D eigenvalue weighted by atomic mass is 10.1. The van der Waals surface area contributed by atoms with Crippen LogP contribution in [-0.4, -0.2) is 18.0 Å². The first kappa shape index (κ1) is 18.5. The number of aryl methyl sites for hydroxylation is 1. The highest BCUT2D eigenvalue weighted by Gasteiger charge is 2.23. The number of carbonyl (C=O) groups excluding carboxylic acids is 2. The van der Waals surface area contributed by atoms with E-state index in [1.165, 1.54) is 0 Å². The Bertz CT molecular complexity index is 1010. The molecule has 1 aromatic heterocycles. The Labute approximate surface area is 161 Å². The highest BCUT2D eigenvalue weighted by atomic mass is 32.1. The number of nitrogens with two attached hydrogens (primary N) is 1. The number of benzene rings is 2. The number of thiophene rings is 1. The van der Waals surface area contributed by atoms with Crippen LogP contribution in [-0.2, 0) is 0 Å². The average Bonchev–Trinajstić information content (AvgIpc) is 2.99. The molecule has 6 heteroatoms. The summed E-state index contributed by atoms with van der Waals surface area (Å²) in [5.41, 5.74) is 9.08. The number of nitrogens with zero attached hydrogens (tertiary/aromatic N) is 1. The van der Waals surface area contributed by atoms with Gasteiger partial charge in [0.05, 0.1) is 10.4 Å². The van der Waals surface area contributed by atoms with Crippen LogP contribution in [0.25, 0.3) is 0 Å². The minimum atomic E-state index is -0.599. The van der Waals surface area contributed by atoms with Gasteiger partial charge in [-0.2, -0.15) is 0 Å². The van der Waals surface area contributed by atoms with Gasteiger partial charge in [0.1, 0.15) is 5.00 Å². The van der Waals surface area contributed by atoms with Crippen molar-refractivity contribution in [1.29, 1.82) is 0 Å². The van der Waals surface area contributed by atoms with Crippen molar-refractivity contribution >= 4 is 40.1 Å². The predicted octanol–water partition coefficient (Wildman–Crippen LogP) is 4.47. The molecule has 3 N–H and O–H groups in total. The van der Waals surface area contributed by atoms with Gasteiger partial charge in [-0.05, 0) is 37.1 Å². The molecule has 0 aliphatic rings. The zero-order valence-electron chi connectivity index (χ0n) is 15.0. The molecule has 0 aliphatic heterocycles. The van der Waals surface area contributed by atoms with Gasteiger partial charge in [0, 0.05) is 11.9 Å². The zero-order valence-corrected chi connectivity index (χ0v) is 15.8. The van der Waals surface area contributed by atoms with E-state index in [4.69, 9.17) is 5.73 Å². The first-order chi connectivity index (χ1) is 13.0. The second-order valence-corrected chi connectivity index (χ2v) is 7.09. The van der Waals surface area contributed by atoms with Gasteiger partial charge in [0.15, 0.2) is 0 Å². The van der Waals surface area contributed by atoms with E-state index in [2.05, 4.69) is 10.3 Å². The Balaban J connectivity index is 1.92. The molecule has 0 bridgehead atoms. The molecule has 27 heavy (non-hydrogen) atoms. The molecule has 1 heterocycles. The van der Waals surface area contributed by atoms with Crippen molar-refractivity contribution in [2.24, 2.45) is 10.7 Å². The Morgan fingerprint density at radius 1 is 1.04 bits per heavy atom. The van der Waals surface area contributed by atoms with Crippen molar-refractivity contribution in [2.45, 2.75) is 13.8 Å². The van der Waals surface area contributed by atoms with Gasteiger partial charge < -0.3 is 11.1 Å². The van der Waals surface area contributed by atoms with Crippen molar-refractivity contribution in [3.8, 4) is 0 Å². The normalized spacial score (nSPS) is 10.9. The van der Waals surface area contributed by atoms with Crippen LogP contribution in [0.1, 0.15) is 36.7 Å². The molecular weight excluding hydrogens is 358 g/mol. The van der Waals surface area contributed by atoms with E-state index in [0.29, 0.717) is 21.1 Å². The molecular formula is C21H19N3O2S. The molecule has 0 spiro atoms. The number of anilines is 1. The maximum atomic E-state index is 12.6. The van der Waals surface area contributed by atoms with Crippen LogP contribution in [0.2, 0.25) is 0 Å². The summed E-state index contributed by atoms with van der Waals surface area (Å²) in [5, 5.41) is 3.26. The Morgan fingerprint density at radius 2 is 1.70 bits per heavy atom. The topological polar surface area (TPSA) is 84.6 Å². The number of aliphatic imine (C=N–C) groups is 1. The highest BCUT2D eigenvalue weighted by Crippen LogP contribution is 2.35. The average molecular weight is 377 g/mol. The fourth-order valence-electron chi connectivity index (χ4n) is 2.59. The van der Waals surface area contributed by atoms with Crippen LogP contribution >= 0.6 is 11.3 Å². The van der Waals surface area contributed by atoms with Gasteiger partial charge in [0.2, 0.25) is 0 Å². The van der Waals surface area contributed by atoms with Gasteiger partial charge in [-0.25, -0.2) is 4.99 Å². The zero-order chi connectivity index (χ0) is 19.4. The van der Waals surface area contributed by atoms with E-state index in [1.54, 1.807) is 25.3 Å². The monoisotopic (exact) mass is 377 g/mol. The van der Waals surface area contributed by atoms with E-state index in [-0.39, 0.29) is 11.5 Å². The van der Waals surface area contributed by atoms with Gasteiger partial charge in [-0.15, -0.1) is 11.3 Å². The molecule has 2 amide bonds. The summed E-state index contributed by atoms with van der Waals surface area (Å²) < 4.78 is 0. The number of amides is 2. The fourth-order valence-corrected chi connectivity index (χ4v) is 3.64. The summed E-state index contributed by atoms with van der Waals surface area (Å²) in [6.45, 7) is 3.72. The largest absolute Gasteiger partial charge is 0.365 e. The lowest BCUT2D eigenvalue weighted by Crippen LogP contribution is -2.14. The SMILES string of the molecule is Cc1ccc(C=Nc2sc(C(=O)Nc3ccccc3)c(C)c2C(N)=O)cc1. The molecule has 3 rings (SSSR count). The number of hydrogen-bond acceptors (Lipinski definition) is 4. The van der Waals surface area contributed by atoms with Crippen molar-refractivity contribution in [2.75, 3.05) is 5.32 Å². The second kappa shape index (κ2) is 7.97. The van der Waals surface area contributed by atoms with Crippen LogP contribution < -0.4 is 11.1 Å². The third-order valence-corrected chi connectivity index (χ3v) is 5.22. The van der Waals surface area contributed by atoms with Gasteiger partial charge in [-0.3, -0.25) is 9.59 Å². The van der Waals surface area contributed by atoms with Gasteiger partial charge in [0.25, 0.3) is 11.8 Å². The van der Waals surface area contributed by atoms with Crippen LogP contribution in [0, 0.1) is 13.8 Å². The summed E-state index contributed by atoms with van der Waals surface area (Å²) in [5.74, 6) is -0.887. The van der Waals surface area contributed by atoms with Crippen molar-refractivity contribution in [1.82, 2.24) is 0 Å². The number of rotatable bonds is 5. The first-order valence-electron chi connectivity index (χ1n) is 8.36. The summed E-state index contributed by atoms with van der Waals surface area (Å²) in [6, 6.07) is 17.0. The molecule has 136 valence electrons. The summed E-state index contributed by atoms with van der Waals surface area (Å²) in [7, 11) is 0. The van der Waals surface area contributed by atoms with Crippen LogP contribution in [0.15, 0.2) is 59.6 Å². The standard InChI is InChI=1S/C21H19N3O2S/c1-13-8-10-15(11-9-13)12-23-21-17(19(22)25)14(2)18(27-21)20(26)24-16-6-4-3-5-7-16/h3-12H,1-2H3,(H2,22,25)(H,24,26). The van der Waals surface area contributed by atoms with Gasteiger partial charge in [-0.1, -0.05) is 48.0 Å². The number of carbonyl (C=O) groups is 2. The third kappa shape index (κ3) is 4.30. The fraction of sp³-hybridized carbons (Fsp3) is 0.0952. The smallest absolute Gasteiger partial charge is 0.266 e. The number of hydrogen-bond donors (Lipinski definition) is 2. The predicted molar refractivity (Wildman–Crippen MR) is 110 cm³/mol. The Hall–Kier alpha value is -3.25. The first-order valence-corrected chi connectivity index (χ1v) is 9.17. The van der Waals surface area contributed by atoms with Crippen LogP contribution in [0.4, 0.5) is 10.7 Å². The molecule has 0 radical (unpaired) electrons. The highest BCUT2D eigenvalue weighted by molar-refractivity contribution is 7.18. The molecule has 0 aliphatic carbocycles. The Morgan fingerprint density at radius 3 is 2.33 bits per heavy atom. The molecule has 0 atom stereocenters. The minimum absolute atomic E-state index is 0.279. The van der Waals surface area contributed by atoms with Crippen molar-refractivity contribution in [3.05, 3.63) is 81.7 Å². The number of nitrogens with one attached hydrogen (secondary N) is 1. The number of primary amides is 1. The molecule has 3 aromatic rings. The second-order valence-electron chi connectivity index (χ2n) is 6.09. The maximum Gasteiger partial charge on any atom is 0.266 e. The van der Waals surface area contributed by atoms with E-state index < -0.39 is 5.91 Å². The number of para-hydroxylation sites is 1. The third-order valence-electron chi connectivity index (χ3n) is 4.02. The van der Waals surface area contributed by atoms with E-state index in [9.17, 15) is 9.59 Å². The summed E-state index contributed by atoms with van der Waals surface area (Å²) in [6.07, 6.45) is 1.66. The molecule has 0 saturated heterocycles. The quantitative estimate of drug-likeness (QED) is 0.643. The van der Waals surface area contributed by atoms with Crippen molar-refractivity contribution < 1.29 is 9.59 Å². The Kier molecular flexibility index (Phi) is 5.47. The summed E-state index contributed by atoms with van der Waals surface area (Å²) >= 11 is 1.15. The molecule has 0 unspecified atom stereocenters. The minimum Gasteiger partial charge on any atom is -0.365 e. The molecule has 5 nitrogen and oxygen atoms in total. The molecule has 2 aromatic carbocycles. The lowest BCUT2D eigenvalue weighted by molar-refractivity contribution is 0.100. The van der Waals surface area contributed by atoms with E-state index in [0.717, 1.165) is 22.5 Å². The molecule has 0 fully saturated rings. The molecule has 0 saturated carbocycles. The summed E-state index contributed by atoms with van der Waals surface area (Å²) in [4.78, 5) is 29.4. The maximum absolute atomic E-state index is 12.6. The van der Waals surface area contributed by atoms with E-state index >= 15 is 0 Å². The van der Waals surface area contributed by atoms with Gasteiger partial charge >= 0.3 is 0 Å². The van der Waals surface area contributed by atoms with Crippen LogP contribution in [0.5, 0.6) is 0 Å².